The van der Waals surface area contributed by atoms with Crippen LogP contribution in [-0.2, 0) is 6.54 Å². The Hall–Kier alpha value is -1.14. The maximum atomic E-state index is 11.9. The van der Waals surface area contributed by atoms with Crippen LogP contribution in [0.4, 0.5) is 4.79 Å². The SMILES string of the molecule is Cc1nc(CN(C)C(=O)NCCCC(C)(C)CO)cs1. The summed E-state index contributed by atoms with van der Waals surface area (Å²) in [5.74, 6) is 0. The molecule has 1 aromatic heterocycles. The predicted molar refractivity (Wildman–Crippen MR) is 81.8 cm³/mol. The highest BCUT2D eigenvalue weighted by atomic mass is 32.1. The molecule has 114 valence electrons. The fraction of sp³-hybridized carbons (Fsp3) is 0.714. The van der Waals surface area contributed by atoms with Gasteiger partial charge >= 0.3 is 6.03 Å². The first-order valence-electron chi connectivity index (χ1n) is 6.85. The summed E-state index contributed by atoms with van der Waals surface area (Å²) < 4.78 is 0. The molecular weight excluding hydrogens is 274 g/mol. The Morgan fingerprint density at radius 2 is 2.25 bits per heavy atom. The van der Waals surface area contributed by atoms with Gasteiger partial charge in [-0.1, -0.05) is 13.8 Å². The number of nitrogens with zero attached hydrogens (tertiary/aromatic N) is 2. The van der Waals surface area contributed by atoms with Crippen LogP contribution in [0.5, 0.6) is 0 Å². The van der Waals surface area contributed by atoms with E-state index in [-0.39, 0.29) is 18.1 Å². The van der Waals surface area contributed by atoms with Crippen molar-refractivity contribution in [3.63, 3.8) is 0 Å². The molecule has 0 aliphatic carbocycles. The number of aliphatic hydroxyl groups excluding tert-OH is 1. The number of amides is 2. The van der Waals surface area contributed by atoms with Crippen molar-refractivity contribution in [1.29, 1.82) is 0 Å². The van der Waals surface area contributed by atoms with E-state index in [0.717, 1.165) is 23.5 Å². The van der Waals surface area contributed by atoms with E-state index in [0.29, 0.717) is 13.1 Å². The molecule has 0 unspecified atom stereocenters. The highest BCUT2D eigenvalue weighted by Crippen LogP contribution is 2.20. The standard InChI is InChI=1S/C14H25N3O2S/c1-11-16-12(9-20-11)8-17(4)13(19)15-7-5-6-14(2,3)10-18/h9,18H,5-8,10H2,1-4H3,(H,15,19). The second kappa shape index (κ2) is 7.59. The van der Waals surface area contributed by atoms with Gasteiger partial charge in [0.05, 0.1) is 17.2 Å². The average Bonchev–Trinajstić information content (AvgIpc) is 2.79. The topological polar surface area (TPSA) is 65.5 Å². The molecule has 0 bridgehead atoms. The minimum Gasteiger partial charge on any atom is -0.396 e. The van der Waals surface area contributed by atoms with Crippen molar-refractivity contribution in [2.24, 2.45) is 5.41 Å². The van der Waals surface area contributed by atoms with E-state index >= 15 is 0 Å². The van der Waals surface area contributed by atoms with Crippen molar-refractivity contribution >= 4 is 17.4 Å². The number of hydrogen-bond donors (Lipinski definition) is 2. The second-order valence-corrected chi connectivity index (χ2v) is 6.93. The molecule has 0 aliphatic heterocycles. The van der Waals surface area contributed by atoms with Gasteiger partial charge in [-0.15, -0.1) is 11.3 Å². The van der Waals surface area contributed by atoms with Crippen molar-refractivity contribution in [3.05, 3.63) is 16.1 Å². The van der Waals surface area contributed by atoms with Gasteiger partial charge in [0.2, 0.25) is 0 Å². The molecule has 1 rings (SSSR count). The molecule has 0 aliphatic rings. The van der Waals surface area contributed by atoms with E-state index in [9.17, 15) is 4.79 Å². The van der Waals surface area contributed by atoms with Gasteiger partial charge in [0.15, 0.2) is 0 Å². The van der Waals surface area contributed by atoms with Crippen molar-refractivity contribution in [2.75, 3.05) is 20.2 Å². The number of thiazole rings is 1. The summed E-state index contributed by atoms with van der Waals surface area (Å²) in [6, 6.07) is -0.0857. The van der Waals surface area contributed by atoms with Crippen molar-refractivity contribution < 1.29 is 9.90 Å². The van der Waals surface area contributed by atoms with Gasteiger partial charge in [0.25, 0.3) is 0 Å². The average molecular weight is 299 g/mol. The number of urea groups is 1. The Labute approximate surface area is 125 Å². The lowest BCUT2D eigenvalue weighted by molar-refractivity contribution is 0.147. The maximum absolute atomic E-state index is 11.9. The number of aliphatic hydroxyl groups is 1. The zero-order valence-electron chi connectivity index (χ0n) is 12.8. The Kier molecular flexibility index (Phi) is 6.42. The molecule has 0 saturated heterocycles. The zero-order valence-corrected chi connectivity index (χ0v) is 13.6. The van der Waals surface area contributed by atoms with Crippen LogP contribution >= 0.6 is 11.3 Å². The maximum Gasteiger partial charge on any atom is 0.317 e. The van der Waals surface area contributed by atoms with Crippen LogP contribution in [0.1, 0.15) is 37.4 Å². The molecule has 20 heavy (non-hydrogen) atoms. The lowest BCUT2D eigenvalue weighted by atomic mass is 9.89. The van der Waals surface area contributed by atoms with Crippen molar-refractivity contribution in [3.8, 4) is 0 Å². The summed E-state index contributed by atoms with van der Waals surface area (Å²) in [7, 11) is 1.77. The van der Waals surface area contributed by atoms with Gasteiger partial charge in [-0.3, -0.25) is 0 Å². The highest BCUT2D eigenvalue weighted by molar-refractivity contribution is 7.09. The molecule has 6 heteroatoms. The van der Waals surface area contributed by atoms with Gasteiger partial charge in [0.1, 0.15) is 0 Å². The fourth-order valence-corrected chi connectivity index (χ4v) is 2.38. The zero-order chi connectivity index (χ0) is 15.2. The molecule has 0 radical (unpaired) electrons. The van der Waals surface area contributed by atoms with Gasteiger partial charge in [-0.25, -0.2) is 9.78 Å². The number of hydrogen-bond acceptors (Lipinski definition) is 4. The quantitative estimate of drug-likeness (QED) is 0.760. The molecule has 0 aromatic carbocycles. The molecule has 2 amide bonds. The van der Waals surface area contributed by atoms with Crippen LogP contribution in [0.15, 0.2) is 5.38 Å². The van der Waals surface area contributed by atoms with E-state index in [1.54, 1.807) is 23.3 Å². The third-order valence-electron chi connectivity index (χ3n) is 3.15. The van der Waals surface area contributed by atoms with E-state index in [1.165, 1.54) is 0 Å². The second-order valence-electron chi connectivity index (χ2n) is 5.87. The molecule has 1 heterocycles. The normalized spacial score (nSPS) is 11.4. The molecule has 1 aromatic rings. The van der Waals surface area contributed by atoms with Crippen LogP contribution in [-0.4, -0.2) is 41.2 Å². The number of nitrogens with one attached hydrogen (secondary N) is 1. The first-order chi connectivity index (χ1) is 9.34. The van der Waals surface area contributed by atoms with Crippen molar-refractivity contribution in [2.45, 2.75) is 40.2 Å². The minimum atomic E-state index is -0.0857. The summed E-state index contributed by atoms with van der Waals surface area (Å²) in [5.41, 5.74) is 0.848. The lowest BCUT2D eigenvalue weighted by Crippen LogP contribution is -2.37. The number of carbonyl (C=O) groups is 1. The molecule has 5 nitrogen and oxygen atoms in total. The first-order valence-corrected chi connectivity index (χ1v) is 7.73. The first kappa shape index (κ1) is 16.9. The van der Waals surface area contributed by atoms with Crippen LogP contribution in [0, 0.1) is 12.3 Å². The number of aryl methyl sites for hydroxylation is 1. The number of rotatable bonds is 7. The molecule has 0 spiro atoms. The fourth-order valence-electron chi connectivity index (χ4n) is 1.77. The summed E-state index contributed by atoms with van der Waals surface area (Å²) in [4.78, 5) is 17.9. The van der Waals surface area contributed by atoms with E-state index in [1.807, 2.05) is 26.2 Å². The number of aromatic nitrogens is 1. The molecule has 2 N–H and O–H groups in total. The van der Waals surface area contributed by atoms with E-state index < -0.39 is 0 Å². The molecule has 0 fully saturated rings. The molecule has 0 saturated carbocycles. The Morgan fingerprint density at radius 3 is 2.80 bits per heavy atom. The summed E-state index contributed by atoms with van der Waals surface area (Å²) >= 11 is 1.59. The van der Waals surface area contributed by atoms with Gasteiger partial charge in [-0.2, -0.15) is 0 Å². The number of carbonyl (C=O) groups excluding carboxylic acids is 1. The largest absolute Gasteiger partial charge is 0.396 e. The molecule has 0 atom stereocenters. The third kappa shape index (κ3) is 5.88. The summed E-state index contributed by atoms with van der Waals surface area (Å²) in [6.45, 7) is 7.32. The predicted octanol–water partition coefficient (Wildman–Crippen LogP) is 2.39. The van der Waals surface area contributed by atoms with Crippen LogP contribution in [0.3, 0.4) is 0 Å². The summed E-state index contributed by atoms with van der Waals surface area (Å²) in [6.07, 6.45) is 1.75. The van der Waals surface area contributed by atoms with Crippen molar-refractivity contribution in [1.82, 2.24) is 15.2 Å². The Morgan fingerprint density at radius 1 is 1.55 bits per heavy atom. The highest BCUT2D eigenvalue weighted by Gasteiger charge is 2.16. The molecular formula is C14H25N3O2S. The van der Waals surface area contributed by atoms with Crippen LogP contribution in [0.2, 0.25) is 0 Å². The third-order valence-corrected chi connectivity index (χ3v) is 3.97. The van der Waals surface area contributed by atoms with Gasteiger partial charge < -0.3 is 15.3 Å². The monoisotopic (exact) mass is 299 g/mol. The Balaban J connectivity index is 2.25. The van der Waals surface area contributed by atoms with E-state index in [4.69, 9.17) is 5.11 Å². The van der Waals surface area contributed by atoms with Crippen LogP contribution in [0.25, 0.3) is 0 Å². The van der Waals surface area contributed by atoms with Gasteiger partial charge in [0, 0.05) is 25.6 Å². The van der Waals surface area contributed by atoms with Gasteiger partial charge in [-0.05, 0) is 25.2 Å². The van der Waals surface area contributed by atoms with E-state index in [2.05, 4.69) is 10.3 Å². The lowest BCUT2D eigenvalue weighted by Gasteiger charge is -2.22. The Bertz CT molecular complexity index is 432. The van der Waals surface area contributed by atoms with Crippen LogP contribution < -0.4 is 5.32 Å². The minimum absolute atomic E-state index is 0.0746. The summed E-state index contributed by atoms with van der Waals surface area (Å²) in [5, 5.41) is 15.0. The smallest absolute Gasteiger partial charge is 0.317 e.